The number of nitrogens with one attached hydrogen (secondary N) is 2. The topological polar surface area (TPSA) is 76.7 Å². The number of carbonyl (C=O) groups excluding carboxylic acids is 2. The third kappa shape index (κ3) is 7.95. The quantitative estimate of drug-likeness (QED) is 0.537. The molecule has 0 unspecified atom stereocenters. The van der Waals surface area contributed by atoms with Gasteiger partial charge >= 0.3 is 0 Å². The lowest BCUT2D eigenvalue weighted by Crippen LogP contribution is -2.27. The van der Waals surface area contributed by atoms with Crippen LogP contribution >= 0.6 is 0 Å². The summed E-state index contributed by atoms with van der Waals surface area (Å²) >= 11 is 0. The molecule has 29 heavy (non-hydrogen) atoms. The molecule has 2 N–H and O–H groups in total. The molecular formula is C23H30N2O4. The smallest absolute Gasteiger partial charge is 0.255 e. The maximum Gasteiger partial charge on any atom is 0.255 e. The Hall–Kier alpha value is -2.86. The maximum atomic E-state index is 12.3. The van der Waals surface area contributed by atoms with Crippen LogP contribution in [0.5, 0.6) is 5.75 Å². The summed E-state index contributed by atoms with van der Waals surface area (Å²) in [6.45, 7) is 6.55. The molecule has 6 heteroatoms. The number of rotatable bonds is 12. The molecule has 0 spiro atoms. The average molecular weight is 399 g/mol. The first kappa shape index (κ1) is 22.4. The fraction of sp³-hybridized carbons (Fsp3) is 0.391. The van der Waals surface area contributed by atoms with Crippen molar-refractivity contribution in [3.63, 3.8) is 0 Å². The van der Waals surface area contributed by atoms with Gasteiger partial charge in [-0.15, -0.1) is 0 Å². The highest BCUT2D eigenvalue weighted by atomic mass is 16.5. The number of carbonyl (C=O) groups is 2. The van der Waals surface area contributed by atoms with Crippen molar-refractivity contribution in [2.24, 2.45) is 0 Å². The maximum absolute atomic E-state index is 12.3. The van der Waals surface area contributed by atoms with Crippen molar-refractivity contribution in [2.75, 3.05) is 19.8 Å². The molecule has 0 heterocycles. The molecule has 2 amide bonds. The largest absolute Gasteiger partial charge is 0.493 e. The van der Waals surface area contributed by atoms with Crippen LogP contribution < -0.4 is 15.4 Å². The number of para-hydroxylation sites is 1. The van der Waals surface area contributed by atoms with E-state index in [1.54, 1.807) is 18.2 Å². The lowest BCUT2D eigenvalue weighted by Gasteiger charge is -2.10. The summed E-state index contributed by atoms with van der Waals surface area (Å²) in [6, 6.07) is 15.1. The molecule has 2 aromatic rings. The van der Waals surface area contributed by atoms with Gasteiger partial charge in [0.25, 0.3) is 5.91 Å². The van der Waals surface area contributed by atoms with Gasteiger partial charge in [-0.25, -0.2) is 0 Å². The number of amides is 2. The minimum Gasteiger partial charge on any atom is -0.493 e. The van der Waals surface area contributed by atoms with Crippen LogP contribution in [0.1, 0.15) is 48.2 Å². The summed E-state index contributed by atoms with van der Waals surface area (Å²) in [5.74, 6) is 0.339. The van der Waals surface area contributed by atoms with E-state index in [-0.39, 0.29) is 11.8 Å². The molecule has 6 nitrogen and oxygen atoms in total. The van der Waals surface area contributed by atoms with Crippen molar-refractivity contribution < 1.29 is 19.1 Å². The molecule has 2 rings (SSSR count). The van der Waals surface area contributed by atoms with Gasteiger partial charge in [0.15, 0.2) is 0 Å². The second kappa shape index (κ2) is 12.6. The lowest BCUT2D eigenvalue weighted by molar-refractivity contribution is -0.121. The van der Waals surface area contributed by atoms with Gasteiger partial charge in [0.2, 0.25) is 5.91 Å². The van der Waals surface area contributed by atoms with Crippen molar-refractivity contribution in [3.05, 3.63) is 65.2 Å². The van der Waals surface area contributed by atoms with E-state index in [9.17, 15) is 9.59 Å². The van der Waals surface area contributed by atoms with Gasteiger partial charge in [-0.1, -0.05) is 36.4 Å². The van der Waals surface area contributed by atoms with Crippen LogP contribution in [0.25, 0.3) is 0 Å². The van der Waals surface area contributed by atoms with Crippen LogP contribution in [-0.4, -0.2) is 31.6 Å². The van der Waals surface area contributed by atoms with Gasteiger partial charge in [0.05, 0.1) is 18.8 Å². The van der Waals surface area contributed by atoms with Crippen molar-refractivity contribution in [2.45, 2.75) is 39.8 Å². The predicted molar refractivity (Wildman–Crippen MR) is 113 cm³/mol. The van der Waals surface area contributed by atoms with E-state index in [0.717, 1.165) is 11.1 Å². The molecule has 0 radical (unpaired) electrons. The standard InChI is InChI=1S/C23H30N2O4/c1-3-28-17-19-13-11-18(12-14-19)16-25-22(26)10-7-15-24-23(27)20-8-5-6-9-21(20)29-4-2/h5-6,8-9,11-14H,3-4,7,10,15-17H2,1-2H3,(H,24,27)(H,25,26). The predicted octanol–water partition coefficient (Wildman–Crippen LogP) is 3.45. The second-order valence-electron chi connectivity index (χ2n) is 6.52. The fourth-order valence-electron chi connectivity index (χ4n) is 2.74. The Bertz CT molecular complexity index is 775. The molecule has 0 atom stereocenters. The first-order valence-corrected chi connectivity index (χ1v) is 10.1. The molecule has 0 saturated heterocycles. The second-order valence-corrected chi connectivity index (χ2v) is 6.52. The Balaban J connectivity index is 1.66. The average Bonchev–Trinajstić information content (AvgIpc) is 2.75. The van der Waals surface area contributed by atoms with E-state index >= 15 is 0 Å². The van der Waals surface area contributed by atoms with Crippen LogP contribution in [0.4, 0.5) is 0 Å². The summed E-state index contributed by atoms with van der Waals surface area (Å²) in [5.41, 5.74) is 2.66. The van der Waals surface area contributed by atoms with Gasteiger partial charge in [-0.05, 0) is 43.5 Å². The number of benzene rings is 2. The molecule has 0 aromatic heterocycles. The lowest BCUT2D eigenvalue weighted by atomic mass is 10.1. The normalized spacial score (nSPS) is 10.4. The van der Waals surface area contributed by atoms with Crippen LogP contribution in [0.2, 0.25) is 0 Å². The van der Waals surface area contributed by atoms with Crippen LogP contribution in [-0.2, 0) is 22.7 Å². The molecule has 0 fully saturated rings. The summed E-state index contributed by atoms with van der Waals surface area (Å²) in [5, 5.41) is 5.74. The van der Waals surface area contributed by atoms with E-state index in [4.69, 9.17) is 9.47 Å². The molecule has 0 bridgehead atoms. The third-order valence-electron chi connectivity index (χ3n) is 4.28. The van der Waals surface area contributed by atoms with Crippen LogP contribution in [0, 0.1) is 0 Å². The fourth-order valence-corrected chi connectivity index (χ4v) is 2.74. The Morgan fingerprint density at radius 2 is 1.62 bits per heavy atom. The summed E-state index contributed by atoms with van der Waals surface area (Å²) in [4.78, 5) is 24.3. The highest BCUT2D eigenvalue weighted by Crippen LogP contribution is 2.17. The Morgan fingerprint density at radius 1 is 0.897 bits per heavy atom. The highest BCUT2D eigenvalue weighted by Gasteiger charge is 2.11. The molecule has 0 aliphatic rings. The minimum atomic E-state index is -0.193. The van der Waals surface area contributed by atoms with E-state index in [1.807, 2.05) is 44.2 Å². The molecule has 156 valence electrons. The van der Waals surface area contributed by atoms with Crippen molar-refractivity contribution in [1.29, 1.82) is 0 Å². The van der Waals surface area contributed by atoms with Gasteiger partial charge in [-0.2, -0.15) is 0 Å². The van der Waals surface area contributed by atoms with E-state index in [0.29, 0.717) is 57.1 Å². The van der Waals surface area contributed by atoms with Gasteiger partial charge in [-0.3, -0.25) is 9.59 Å². The molecule has 0 aliphatic carbocycles. The van der Waals surface area contributed by atoms with Crippen molar-refractivity contribution in [1.82, 2.24) is 10.6 Å². The van der Waals surface area contributed by atoms with Crippen LogP contribution in [0.15, 0.2) is 48.5 Å². The van der Waals surface area contributed by atoms with Gasteiger partial charge < -0.3 is 20.1 Å². The number of hydrogen-bond acceptors (Lipinski definition) is 4. The summed E-state index contributed by atoms with van der Waals surface area (Å²) < 4.78 is 10.8. The first-order chi connectivity index (χ1) is 14.1. The molecule has 2 aromatic carbocycles. The van der Waals surface area contributed by atoms with Crippen LogP contribution in [0.3, 0.4) is 0 Å². The Labute approximate surface area is 172 Å². The van der Waals surface area contributed by atoms with Crippen molar-refractivity contribution in [3.8, 4) is 5.75 Å². The monoisotopic (exact) mass is 398 g/mol. The van der Waals surface area contributed by atoms with Gasteiger partial charge in [0.1, 0.15) is 5.75 Å². The molecular weight excluding hydrogens is 368 g/mol. The summed E-state index contributed by atoms with van der Waals surface area (Å²) in [7, 11) is 0. The van der Waals surface area contributed by atoms with Crippen molar-refractivity contribution >= 4 is 11.8 Å². The zero-order chi connectivity index (χ0) is 20.9. The molecule has 0 aliphatic heterocycles. The minimum absolute atomic E-state index is 0.0349. The number of hydrogen-bond donors (Lipinski definition) is 2. The zero-order valence-electron chi connectivity index (χ0n) is 17.2. The Morgan fingerprint density at radius 3 is 2.34 bits per heavy atom. The SMILES string of the molecule is CCOCc1ccc(CNC(=O)CCCNC(=O)c2ccccc2OCC)cc1. The third-order valence-corrected chi connectivity index (χ3v) is 4.28. The van der Waals surface area contributed by atoms with Gasteiger partial charge in [0, 0.05) is 26.1 Å². The van der Waals surface area contributed by atoms with E-state index < -0.39 is 0 Å². The zero-order valence-corrected chi connectivity index (χ0v) is 17.2. The van der Waals surface area contributed by atoms with E-state index in [2.05, 4.69) is 10.6 Å². The first-order valence-electron chi connectivity index (χ1n) is 10.1. The Kier molecular flexibility index (Phi) is 9.72. The highest BCUT2D eigenvalue weighted by molar-refractivity contribution is 5.96. The molecule has 0 saturated carbocycles. The summed E-state index contributed by atoms with van der Waals surface area (Å²) in [6.07, 6.45) is 0.928. The van der Waals surface area contributed by atoms with E-state index in [1.165, 1.54) is 0 Å². The number of ether oxygens (including phenoxy) is 2.